The molecule has 1 amide bonds. The van der Waals surface area contributed by atoms with E-state index in [2.05, 4.69) is 20.5 Å². The molecule has 4 rings (SSSR count). The average Bonchev–Trinajstić information content (AvgIpc) is 3.10. The highest BCUT2D eigenvalue weighted by Crippen LogP contribution is 2.35. The van der Waals surface area contributed by atoms with Crippen LogP contribution in [0.3, 0.4) is 0 Å². The van der Waals surface area contributed by atoms with Gasteiger partial charge in [0.2, 0.25) is 10.7 Å². The second kappa shape index (κ2) is 6.76. The zero-order chi connectivity index (χ0) is 17.2. The highest BCUT2D eigenvalue weighted by atomic mass is 32.1. The number of aromatic amines is 1. The summed E-state index contributed by atoms with van der Waals surface area (Å²) in [5, 5.41) is 13.3. The number of anilines is 1. The van der Waals surface area contributed by atoms with Crippen molar-refractivity contribution in [3.8, 4) is 0 Å². The lowest BCUT2D eigenvalue weighted by Crippen LogP contribution is -2.16. The lowest BCUT2D eigenvalue weighted by Gasteiger charge is -2.18. The molecular weight excluding hydrogens is 336 g/mol. The molecule has 1 saturated carbocycles. The number of amides is 1. The van der Waals surface area contributed by atoms with Gasteiger partial charge < -0.3 is 4.98 Å². The number of H-pyrrole nitrogens is 1. The number of rotatable bonds is 3. The summed E-state index contributed by atoms with van der Waals surface area (Å²) in [7, 11) is 0. The van der Waals surface area contributed by atoms with Crippen molar-refractivity contribution in [1.29, 1.82) is 0 Å². The van der Waals surface area contributed by atoms with Crippen molar-refractivity contribution < 1.29 is 4.79 Å². The molecule has 2 N–H and O–H groups in total. The summed E-state index contributed by atoms with van der Waals surface area (Å²) in [5.41, 5.74) is 0.679. The Kier molecular flexibility index (Phi) is 4.31. The number of hydrogen-bond donors (Lipinski definition) is 2. The van der Waals surface area contributed by atoms with Crippen LogP contribution in [0.4, 0.5) is 5.13 Å². The van der Waals surface area contributed by atoms with Crippen LogP contribution in [0.15, 0.2) is 35.1 Å². The maximum atomic E-state index is 12.6. The fourth-order valence-corrected chi connectivity index (χ4v) is 4.26. The van der Waals surface area contributed by atoms with Gasteiger partial charge in [-0.25, -0.2) is 0 Å². The minimum absolute atomic E-state index is 0.302. The van der Waals surface area contributed by atoms with Crippen LogP contribution in [0.25, 0.3) is 10.9 Å². The Morgan fingerprint density at radius 3 is 2.80 bits per heavy atom. The number of carbonyl (C=O) groups excluding carboxylic acids is 1. The predicted molar refractivity (Wildman–Crippen MR) is 98.3 cm³/mol. The van der Waals surface area contributed by atoms with Crippen molar-refractivity contribution >= 4 is 33.3 Å². The van der Waals surface area contributed by atoms with Crippen molar-refractivity contribution in [2.45, 2.75) is 38.0 Å². The van der Waals surface area contributed by atoms with Crippen molar-refractivity contribution in [3.63, 3.8) is 0 Å². The molecule has 7 heteroatoms. The molecule has 0 bridgehead atoms. The fraction of sp³-hybridized carbons (Fsp3) is 0.333. The molecule has 0 radical (unpaired) electrons. The van der Waals surface area contributed by atoms with E-state index in [9.17, 15) is 9.59 Å². The Balaban J connectivity index is 1.58. The molecule has 0 saturated heterocycles. The van der Waals surface area contributed by atoms with Gasteiger partial charge in [0.25, 0.3) is 5.91 Å². The molecule has 0 spiro atoms. The first kappa shape index (κ1) is 16.0. The molecule has 1 aliphatic rings. The number of nitrogens with zero attached hydrogens (tertiary/aromatic N) is 2. The smallest absolute Gasteiger partial charge is 0.258 e. The van der Waals surface area contributed by atoms with Crippen molar-refractivity contribution in [1.82, 2.24) is 15.2 Å². The minimum atomic E-state index is -0.339. The SMILES string of the molecule is O=C(Nc1nnc(C2CCCCC2)s1)c1cc(=O)[nH]c2ccccc12. The molecule has 1 aromatic carbocycles. The van der Waals surface area contributed by atoms with E-state index in [4.69, 9.17) is 0 Å². The number of carbonyl (C=O) groups is 1. The number of aromatic nitrogens is 3. The van der Waals surface area contributed by atoms with E-state index < -0.39 is 0 Å². The van der Waals surface area contributed by atoms with Gasteiger partial charge in [0.1, 0.15) is 5.01 Å². The predicted octanol–water partition coefficient (Wildman–Crippen LogP) is 3.68. The summed E-state index contributed by atoms with van der Waals surface area (Å²) < 4.78 is 0. The molecular formula is C18H18N4O2S. The van der Waals surface area contributed by atoms with Crippen LogP contribution in [-0.2, 0) is 0 Å². The van der Waals surface area contributed by atoms with Gasteiger partial charge in [-0.3, -0.25) is 14.9 Å². The third kappa shape index (κ3) is 3.32. The molecule has 2 heterocycles. The Labute approximate surface area is 148 Å². The highest BCUT2D eigenvalue weighted by molar-refractivity contribution is 7.15. The van der Waals surface area contributed by atoms with Crippen LogP contribution in [0, 0.1) is 0 Å². The Morgan fingerprint density at radius 2 is 1.96 bits per heavy atom. The zero-order valence-electron chi connectivity index (χ0n) is 13.6. The number of hydrogen-bond acceptors (Lipinski definition) is 5. The minimum Gasteiger partial charge on any atom is -0.322 e. The molecule has 0 aliphatic heterocycles. The van der Waals surface area contributed by atoms with Crippen molar-refractivity contribution in [3.05, 3.63) is 51.3 Å². The second-order valence-electron chi connectivity index (χ2n) is 6.33. The highest BCUT2D eigenvalue weighted by Gasteiger charge is 2.21. The summed E-state index contributed by atoms with van der Waals surface area (Å²) in [6, 6.07) is 8.57. The normalized spacial score (nSPS) is 15.4. The molecule has 2 aromatic heterocycles. The topological polar surface area (TPSA) is 87.7 Å². The third-order valence-electron chi connectivity index (χ3n) is 4.61. The number of pyridine rings is 1. The summed E-state index contributed by atoms with van der Waals surface area (Å²) in [5.74, 6) is 0.117. The first-order valence-corrected chi connectivity index (χ1v) is 9.29. The van der Waals surface area contributed by atoms with Crippen LogP contribution in [0.1, 0.15) is 53.4 Å². The summed E-state index contributed by atoms with van der Waals surface area (Å²) >= 11 is 1.43. The van der Waals surface area contributed by atoms with Crippen LogP contribution in [0.2, 0.25) is 0 Å². The fourth-order valence-electron chi connectivity index (χ4n) is 3.36. The van der Waals surface area contributed by atoms with Crippen LogP contribution < -0.4 is 10.9 Å². The Hall–Kier alpha value is -2.54. The quantitative estimate of drug-likeness (QED) is 0.751. The molecule has 3 aromatic rings. The van der Waals surface area contributed by atoms with E-state index >= 15 is 0 Å². The lowest BCUT2D eigenvalue weighted by molar-refractivity contribution is 0.102. The van der Waals surface area contributed by atoms with Crippen molar-refractivity contribution in [2.75, 3.05) is 5.32 Å². The standard InChI is InChI=1S/C18H18N4O2S/c23-15-10-13(12-8-4-5-9-14(12)19-15)16(24)20-18-22-21-17(25-18)11-6-2-1-3-7-11/h4-5,8-11H,1-3,6-7H2,(H,19,23)(H,20,22,24). The van der Waals surface area contributed by atoms with Crippen LogP contribution in [-0.4, -0.2) is 21.1 Å². The van der Waals surface area contributed by atoms with Gasteiger partial charge in [-0.2, -0.15) is 0 Å². The molecule has 25 heavy (non-hydrogen) atoms. The van der Waals surface area contributed by atoms with Gasteiger partial charge in [-0.15, -0.1) is 10.2 Å². The summed E-state index contributed by atoms with van der Waals surface area (Å²) in [6.07, 6.45) is 6.02. The van der Waals surface area contributed by atoms with E-state index in [0.717, 1.165) is 17.8 Å². The van der Waals surface area contributed by atoms with Gasteiger partial charge in [-0.05, 0) is 18.9 Å². The third-order valence-corrected chi connectivity index (χ3v) is 5.61. The first-order chi connectivity index (χ1) is 12.2. The van der Waals surface area contributed by atoms with Gasteiger partial charge in [0, 0.05) is 22.9 Å². The molecule has 1 fully saturated rings. The maximum Gasteiger partial charge on any atom is 0.258 e. The molecule has 6 nitrogen and oxygen atoms in total. The molecule has 1 aliphatic carbocycles. The molecule has 128 valence electrons. The number of benzene rings is 1. The summed E-state index contributed by atoms with van der Waals surface area (Å²) in [4.78, 5) is 27.2. The van der Waals surface area contributed by atoms with E-state index in [1.807, 2.05) is 18.2 Å². The van der Waals surface area contributed by atoms with E-state index in [1.54, 1.807) is 6.07 Å². The molecule has 0 unspecified atom stereocenters. The Bertz CT molecular complexity index is 972. The lowest BCUT2D eigenvalue weighted by atomic mass is 9.90. The number of fused-ring (bicyclic) bond motifs is 1. The van der Waals surface area contributed by atoms with Gasteiger partial charge in [0.15, 0.2) is 0 Å². The average molecular weight is 354 g/mol. The van der Waals surface area contributed by atoms with Crippen molar-refractivity contribution in [2.24, 2.45) is 0 Å². The summed E-state index contributed by atoms with van der Waals surface area (Å²) in [6.45, 7) is 0. The number of nitrogens with one attached hydrogen (secondary N) is 2. The second-order valence-corrected chi connectivity index (χ2v) is 7.34. The van der Waals surface area contributed by atoms with Gasteiger partial charge in [-0.1, -0.05) is 48.8 Å². The Morgan fingerprint density at radius 1 is 1.16 bits per heavy atom. The largest absolute Gasteiger partial charge is 0.322 e. The van der Waals surface area contributed by atoms with E-state index in [-0.39, 0.29) is 11.5 Å². The zero-order valence-corrected chi connectivity index (χ0v) is 14.4. The first-order valence-electron chi connectivity index (χ1n) is 8.47. The van der Waals surface area contributed by atoms with Gasteiger partial charge in [0.05, 0.1) is 5.56 Å². The molecule has 0 atom stereocenters. The van der Waals surface area contributed by atoms with Gasteiger partial charge >= 0.3 is 0 Å². The monoisotopic (exact) mass is 354 g/mol. The maximum absolute atomic E-state index is 12.6. The number of para-hydroxylation sites is 1. The van der Waals surface area contributed by atoms with E-state index in [1.165, 1.54) is 36.7 Å². The van der Waals surface area contributed by atoms with Crippen LogP contribution >= 0.6 is 11.3 Å². The van der Waals surface area contributed by atoms with Crippen LogP contribution in [0.5, 0.6) is 0 Å². The van der Waals surface area contributed by atoms with E-state index in [0.29, 0.717) is 27.5 Å².